The lowest BCUT2D eigenvalue weighted by Gasteiger charge is -2.31. The lowest BCUT2D eigenvalue weighted by molar-refractivity contribution is 0.203. The first-order chi connectivity index (χ1) is 13.3. The summed E-state index contributed by atoms with van der Waals surface area (Å²) in [4.78, 5) is 6.83. The molecule has 0 amide bonds. The molecule has 6 heteroatoms. The Morgan fingerprint density at radius 3 is 2.81 bits per heavy atom. The van der Waals surface area contributed by atoms with Gasteiger partial charge in [0.05, 0.1) is 13.7 Å². The van der Waals surface area contributed by atoms with Gasteiger partial charge >= 0.3 is 0 Å². The monoisotopic (exact) mass is 366 g/mol. The second kappa shape index (κ2) is 7.96. The molecule has 0 saturated carbocycles. The van der Waals surface area contributed by atoms with Crippen molar-refractivity contribution in [3.8, 4) is 11.5 Å². The number of ether oxygens (including phenoxy) is 2. The van der Waals surface area contributed by atoms with E-state index in [1.54, 1.807) is 13.3 Å². The summed E-state index contributed by atoms with van der Waals surface area (Å²) in [5.41, 5.74) is 3.31. The number of H-pyrrole nitrogens is 1. The number of nitrogens with zero attached hydrogens (tertiary/aromatic N) is 3. The van der Waals surface area contributed by atoms with Crippen molar-refractivity contribution >= 4 is 11.0 Å². The third-order valence-corrected chi connectivity index (χ3v) is 5.29. The summed E-state index contributed by atoms with van der Waals surface area (Å²) in [5, 5.41) is 8.73. The number of rotatable bonds is 6. The predicted octanol–water partition coefficient (Wildman–Crippen LogP) is 3.74. The van der Waals surface area contributed by atoms with Crippen LogP contribution in [0.25, 0.3) is 11.0 Å². The molecule has 0 bridgehead atoms. The fourth-order valence-electron chi connectivity index (χ4n) is 3.90. The molecule has 2 aromatic heterocycles. The van der Waals surface area contributed by atoms with Crippen LogP contribution >= 0.6 is 0 Å². The molecule has 1 aliphatic rings. The Hall–Kier alpha value is -2.60. The topological polar surface area (TPSA) is 63.3 Å². The zero-order valence-corrected chi connectivity index (χ0v) is 15.9. The largest absolute Gasteiger partial charge is 0.493 e. The standard InChI is InChI=1S/C21H26N4O2/c1-3-27-18-7-6-15(13-19(18)26-2)14-25-11-8-16(9-12-25)20-17-5-4-10-22-21(17)24-23-20/h4-7,10,13,16H,3,8-9,11-12,14H2,1-2H3,(H,22,23,24). The van der Waals surface area contributed by atoms with Crippen LogP contribution in [0.3, 0.4) is 0 Å². The third kappa shape index (κ3) is 3.76. The van der Waals surface area contributed by atoms with E-state index in [-0.39, 0.29) is 0 Å². The highest BCUT2D eigenvalue weighted by atomic mass is 16.5. The van der Waals surface area contributed by atoms with Gasteiger partial charge in [0.2, 0.25) is 0 Å². The van der Waals surface area contributed by atoms with Crippen LogP contribution in [-0.4, -0.2) is 46.9 Å². The van der Waals surface area contributed by atoms with Crippen LogP contribution in [0.1, 0.15) is 36.9 Å². The SMILES string of the molecule is CCOc1ccc(CN2CCC(c3[nH]nc4ncccc34)CC2)cc1OC. The second-order valence-electron chi connectivity index (χ2n) is 6.98. The average Bonchev–Trinajstić information content (AvgIpc) is 3.14. The highest BCUT2D eigenvalue weighted by molar-refractivity contribution is 5.77. The number of aromatic nitrogens is 3. The highest BCUT2D eigenvalue weighted by Gasteiger charge is 2.24. The van der Waals surface area contributed by atoms with Gasteiger partial charge in [-0.2, -0.15) is 5.10 Å². The van der Waals surface area contributed by atoms with E-state index in [4.69, 9.17) is 9.47 Å². The molecule has 0 spiro atoms. The Balaban J connectivity index is 1.39. The maximum atomic E-state index is 5.61. The number of benzene rings is 1. The molecule has 142 valence electrons. The number of aromatic amines is 1. The van der Waals surface area contributed by atoms with Gasteiger partial charge in [0.15, 0.2) is 17.1 Å². The number of methoxy groups -OCH3 is 1. The van der Waals surface area contributed by atoms with E-state index in [9.17, 15) is 0 Å². The van der Waals surface area contributed by atoms with Crippen molar-refractivity contribution < 1.29 is 9.47 Å². The third-order valence-electron chi connectivity index (χ3n) is 5.29. The van der Waals surface area contributed by atoms with Crippen LogP contribution in [0, 0.1) is 0 Å². The van der Waals surface area contributed by atoms with Crippen LogP contribution in [0.5, 0.6) is 11.5 Å². The first-order valence-corrected chi connectivity index (χ1v) is 9.59. The van der Waals surface area contributed by atoms with E-state index in [0.29, 0.717) is 12.5 Å². The molecule has 0 radical (unpaired) electrons. The summed E-state index contributed by atoms with van der Waals surface area (Å²) in [6.07, 6.45) is 4.04. The van der Waals surface area contributed by atoms with Crippen molar-refractivity contribution in [3.05, 3.63) is 47.8 Å². The van der Waals surface area contributed by atoms with E-state index in [1.165, 1.54) is 11.3 Å². The molecule has 4 rings (SSSR count). The fourth-order valence-corrected chi connectivity index (χ4v) is 3.90. The molecule has 6 nitrogen and oxygen atoms in total. The van der Waals surface area contributed by atoms with Gasteiger partial charge in [-0.3, -0.25) is 10.00 Å². The summed E-state index contributed by atoms with van der Waals surface area (Å²) in [6, 6.07) is 10.3. The second-order valence-corrected chi connectivity index (χ2v) is 6.98. The number of piperidine rings is 1. The van der Waals surface area contributed by atoms with Crippen LogP contribution in [0.4, 0.5) is 0 Å². The summed E-state index contributed by atoms with van der Waals surface area (Å²) in [6.45, 7) is 5.69. The van der Waals surface area contributed by atoms with Gasteiger partial charge < -0.3 is 9.47 Å². The highest BCUT2D eigenvalue weighted by Crippen LogP contribution is 2.32. The lowest BCUT2D eigenvalue weighted by atomic mass is 9.92. The smallest absolute Gasteiger partial charge is 0.181 e. The van der Waals surface area contributed by atoms with Gasteiger partial charge in [-0.1, -0.05) is 6.07 Å². The molecular formula is C21H26N4O2. The zero-order valence-electron chi connectivity index (χ0n) is 15.9. The molecule has 27 heavy (non-hydrogen) atoms. The Morgan fingerprint density at radius 1 is 1.19 bits per heavy atom. The van der Waals surface area contributed by atoms with Crippen LogP contribution in [0.15, 0.2) is 36.5 Å². The van der Waals surface area contributed by atoms with E-state index < -0.39 is 0 Å². The van der Waals surface area contributed by atoms with Crippen molar-refractivity contribution in [2.24, 2.45) is 0 Å². The van der Waals surface area contributed by atoms with Gasteiger partial charge in [-0.25, -0.2) is 4.98 Å². The van der Waals surface area contributed by atoms with Crippen molar-refractivity contribution in [3.63, 3.8) is 0 Å². The van der Waals surface area contributed by atoms with Gasteiger partial charge in [-0.15, -0.1) is 0 Å². The quantitative estimate of drug-likeness (QED) is 0.720. The summed E-state index contributed by atoms with van der Waals surface area (Å²) in [7, 11) is 1.69. The maximum absolute atomic E-state index is 5.61. The van der Waals surface area contributed by atoms with Crippen molar-refractivity contribution in [2.45, 2.75) is 32.2 Å². The molecule has 1 saturated heterocycles. The number of hydrogen-bond acceptors (Lipinski definition) is 5. The molecule has 1 fully saturated rings. The molecule has 1 N–H and O–H groups in total. The predicted molar refractivity (Wildman–Crippen MR) is 105 cm³/mol. The van der Waals surface area contributed by atoms with E-state index in [1.807, 2.05) is 19.1 Å². The van der Waals surface area contributed by atoms with Gasteiger partial charge in [0.1, 0.15) is 0 Å². The normalized spacial score (nSPS) is 15.9. The number of fused-ring (bicyclic) bond motifs is 1. The fraction of sp³-hybridized carbons (Fsp3) is 0.429. The summed E-state index contributed by atoms with van der Waals surface area (Å²) in [5.74, 6) is 2.13. The van der Waals surface area contributed by atoms with E-state index in [2.05, 4.69) is 38.3 Å². The number of nitrogens with one attached hydrogen (secondary N) is 1. The first kappa shape index (κ1) is 17.8. The summed E-state index contributed by atoms with van der Waals surface area (Å²) >= 11 is 0. The zero-order chi connectivity index (χ0) is 18.6. The Labute approximate surface area is 159 Å². The van der Waals surface area contributed by atoms with Crippen LogP contribution < -0.4 is 9.47 Å². The van der Waals surface area contributed by atoms with E-state index >= 15 is 0 Å². The first-order valence-electron chi connectivity index (χ1n) is 9.59. The molecule has 0 atom stereocenters. The van der Waals surface area contributed by atoms with Crippen LogP contribution in [-0.2, 0) is 6.54 Å². The molecular weight excluding hydrogens is 340 g/mol. The number of pyridine rings is 1. The molecule has 3 heterocycles. The van der Waals surface area contributed by atoms with Gasteiger partial charge in [0.25, 0.3) is 0 Å². The minimum Gasteiger partial charge on any atom is -0.493 e. The minimum atomic E-state index is 0.519. The van der Waals surface area contributed by atoms with E-state index in [0.717, 1.165) is 55.0 Å². The van der Waals surface area contributed by atoms with Crippen molar-refractivity contribution in [2.75, 3.05) is 26.8 Å². The Bertz CT molecular complexity index is 900. The van der Waals surface area contributed by atoms with Gasteiger partial charge in [-0.05, 0) is 62.7 Å². The van der Waals surface area contributed by atoms with Gasteiger partial charge in [0, 0.05) is 29.7 Å². The van der Waals surface area contributed by atoms with Crippen LogP contribution in [0.2, 0.25) is 0 Å². The molecule has 1 aliphatic heterocycles. The molecule has 1 aromatic carbocycles. The molecule has 0 aliphatic carbocycles. The number of hydrogen-bond donors (Lipinski definition) is 1. The lowest BCUT2D eigenvalue weighted by Crippen LogP contribution is -2.32. The number of likely N-dealkylation sites (tertiary alicyclic amines) is 1. The Kier molecular flexibility index (Phi) is 5.25. The van der Waals surface area contributed by atoms with Crippen molar-refractivity contribution in [1.82, 2.24) is 20.1 Å². The molecule has 0 unspecified atom stereocenters. The van der Waals surface area contributed by atoms with Crippen molar-refractivity contribution in [1.29, 1.82) is 0 Å². The average molecular weight is 366 g/mol. The molecule has 3 aromatic rings. The minimum absolute atomic E-state index is 0.519. The summed E-state index contributed by atoms with van der Waals surface area (Å²) < 4.78 is 11.1. The Morgan fingerprint density at radius 2 is 2.04 bits per heavy atom. The maximum Gasteiger partial charge on any atom is 0.181 e.